The molecule has 1 fully saturated rings. The summed E-state index contributed by atoms with van der Waals surface area (Å²) in [4.78, 5) is 26.8. The van der Waals surface area contributed by atoms with Gasteiger partial charge in [-0.1, -0.05) is 12.1 Å². The molecule has 27 heavy (non-hydrogen) atoms. The molecular formula is C18H18BrNO6S. The lowest BCUT2D eigenvalue weighted by atomic mass is 10.2. The van der Waals surface area contributed by atoms with Crippen LogP contribution in [0.2, 0.25) is 0 Å². The van der Waals surface area contributed by atoms with E-state index in [-0.39, 0.29) is 11.7 Å². The molecular weight excluding hydrogens is 438 g/mol. The molecule has 0 unspecified atom stereocenters. The van der Waals surface area contributed by atoms with Crippen LogP contribution in [0.15, 0.2) is 28.7 Å². The van der Waals surface area contributed by atoms with Gasteiger partial charge in [-0.15, -0.1) is 11.3 Å². The fourth-order valence-corrected chi connectivity index (χ4v) is 4.68. The van der Waals surface area contributed by atoms with Crippen molar-refractivity contribution in [2.45, 2.75) is 0 Å². The molecule has 0 spiro atoms. The fourth-order valence-electron chi connectivity index (χ4n) is 2.66. The lowest BCUT2D eigenvalue weighted by Crippen LogP contribution is -2.40. The largest absolute Gasteiger partial charge is 0.497 e. The van der Waals surface area contributed by atoms with Crippen LogP contribution in [0.25, 0.3) is 10.4 Å². The molecule has 2 aromatic rings. The van der Waals surface area contributed by atoms with E-state index < -0.39 is 12.6 Å². The van der Waals surface area contributed by atoms with Gasteiger partial charge in [0.15, 0.2) is 12.4 Å². The van der Waals surface area contributed by atoms with Crippen molar-refractivity contribution in [1.29, 1.82) is 0 Å². The molecule has 0 radical (unpaired) electrons. The highest BCUT2D eigenvalue weighted by atomic mass is 79.9. The highest BCUT2D eigenvalue weighted by Gasteiger charge is 2.28. The number of hydrogen-bond donors (Lipinski definition) is 1. The number of amides is 1. The standard InChI is InChI=1S/C18H18BrNO6S/c1-24-12-4-2-3-11(9-12)16-14(19)15(26-10-13(21)22)17(27-16)18(23)20-5-7-25-8-6-20/h2-4,9H,5-8,10H2,1H3,(H,21,22). The lowest BCUT2D eigenvalue weighted by Gasteiger charge is -2.26. The van der Waals surface area contributed by atoms with E-state index in [9.17, 15) is 9.59 Å². The Morgan fingerprint density at radius 1 is 1.33 bits per heavy atom. The first-order valence-electron chi connectivity index (χ1n) is 8.19. The number of carbonyl (C=O) groups is 2. The van der Waals surface area contributed by atoms with E-state index >= 15 is 0 Å². The predicted octanol–water partition coefficient (Wildman–Crippen LogP) is 3.12. The molecule has 9 heteroatoms. The number of rotatable bonds is 6. The van der Waals surface area contributed by atoms with Gasteiger partial charge < -0.3 is 24.2 Å². The van der Waals surface area contributed by atoms with Gasteiger partial charge in [0.1, 0.15) is 10.6 Å². The van der Waals surface area contributed by atoms with Gasteiger partial charge in [0.05, 0.1) is 29.7 Å². The van der Waals surface area contributed by atoms with Crippen LogP contribution in [-0.2, 0) is 9.53 Å². The maximum atomic E-state index is 13.0. The van der Waals surface area contributed by atoms with Gasteiger partial charge in [0.25, 0.3) is 5.91 Å². The summed E-state index contributed by atoms with van der Waals surface area (Å²) in [6.45, 7) is 1.40. The molecule has 1 amide bonds. The minimum absolute atomic E-state index is 0.196. The van der Waals surface area contributed by atoms with Crippen molar-refractivity contribution in [3.8, 4) is 21.9 Å². The molecule has 1 aromatic carbocycles. The van der Waals surface area contributed by atoms with E-state index in [2.05, 4.69) is 15.9 Å². The third-order valence-corrected chi connectivity index (χ3v) is 6.20. The first-order valence-corrected chi connectivity index (χ1v) is 9.80. The predicted molar refractivity (Wildman–Crippen MR) is 104 cm³/mol. The number of hydrogen-bond acceptors (Lipinski definition) is 6. The Balaban J connectivity index is 2.01. The quantitative estimate of drug-likeness (QED) is 0.719. The van der Waals surface area contributed by atoms with Crippen molar-refractivity contribution >= 4 is 39.1 Å². The minimum atomic E-state index is -1.11. The number of benzene rings is 1. The Bertz CT molecular complexity index is 846. The normalized spacial score (nSPS) is 14.1. The van der Waals surface area contributed by atoms with Crippen molar-refractivity contribution in [1.82, 2.24) is 4.90 Å². The summed E-state index contributed by atoms with van der Waals surface area (Å²) in [6.07, 6.45) is 0. The van der Waals surface area contributed by atoms with Crippen LogP contribution in [0.5, 0.6) is 11.5 Å². The molecule has 1 aliphatic heterocycles. The van der Waals surface area contributed by atoms with Crippen LogP contribution in [0.1, 0.15) is 9.67 Å². The van der Waals surface area contributed by atoms with Crippen LogP contribution in [-0.4, -0.2) is 61.9 Å². The third kappa shape index (κ3) is 4.42. The Labute approximate surface area is 168 Å². The Hall–Kier alpha value is -2.10. The second-order valence-corrected chi connectivity index (χ2v) is 7.54. The number of carboxylic acids is 1. The number of thiophene rings is 1. The zero-order valence-corrected chi connectivity index (χ0v) is 17.0. The molecule has 0 bridgehead atoms. The highest BCUT2D eigenvalue weighted by molar-refractivity contribution is 9.10. The van der Waals surface area contributed by atoms with E-state index in [1.165, 1.54) is 11.3 Å². The first kappa shape index (κ1) is 19.7. The fraction of sp³-hybridized carbons (Fsp3) is 0.333. The second kappa shape index (κ2) is 8.73. The molecule has 3 rings (SSSR count). The van der Waals surface area contributed by atoms with Crippen molar-refractivity contribution in [2.75, 3.05) is 40.0 Å². The molecule has 2 heterocycles. The summed E-state index contributed by atoms with van der Waals surface area (Å²) in [6, 6.07) is 7.41. The Morgan fingerprint density at radius 3 is 2.74 bits per heavy atom. The molecule has 1 aromatic heterocycles. The summed E-state index contributed by atoms with van der Waals surface area (Å²) < 4.78 is 16.6. The number of nitrogens with zero attached hydrogens (tertiary/aromatic N) is 1. The van der Waals surface area contributed by atoms with Gasteiger partial charge in [-0.25, -0.2) is 4.79 Å². The van der Waals surface area contributed by atoms with Crippen molar-refractivity contribution in [3.63, 3.8) is 0 Å². The van der Waals surface area contributed by atoms with Crippen LogP contribution in [0, 0.1) is 0 Å². The SMILES string of the molecule is COc1cccc(-c2sc(C(=O)N3CCOCC3)c(OCC(=O)O)c2Br)c1. The molecule has 1 saturated heterocycles. The Morgan fingerprint density at radius 2 is 2.07 bits per heavy atom. The van der Waals surface area contributed by atoms with Crippen LogP contribution in [0.4, 0.5) is 0 Å². The highest BCUT2D eigenvalue weighted by Crippen LogP contribution is 2.46. The average molecular weight is 456 g/mol. The number of halogens is 1. The zero-order chi connectivity index (χ0) is 19.4. The van der Waals surface area contributed by atoms with Crippen molar-refractivity contribution < 1.29 is 28.9 Å². The van der Waals surface area contributed by atoms with Gasteiger partial charge in [0.2, 0.25) is 0 Å². The van der Waals surface area contributed by atoms with Gasteiger partial charge in [-0.05, 0) is 33.6 Å². The van der Waals surface area contributed by atoms with E-state index in [4.69, 9.17) is 19.3 Å². The topological polar surface area (TPSA) is 85.3 Å². The molecule has 0 atom stereocenters. The van der Waals surface area contributed by atoms with Crippen LogP contribution >= 0.6 is 27.3 Å². The Kier molecular flexibility index (Phi) is 6.35. The number of methoxy groups -OCH3 is 1. The van der Waals surface area contributed by atoms with Gasteiger partial charge >= 0.3 is 5.97 Å². The number of carboxylic acid groups (broad SMARTS) is 1. The number of aliphatic carboxylic acids is 1. The average Bonchev–Trinajstić information content (AvgIpc) is 3.02. The maximum absolute atomic E-state index is 13.0. The summed E-state index contributed by atoms with van der Waals surface area (Å²) in [5, 5.41) is 8.97. The molecule has 7 nitrogen and oxygen atoms in total. The summed E-state index contributed by atoms with van der Waals surface area (Å²) >= 11 is 4.74. The van der Waals surface area contributed by atoms with Gasteiger partial charge in [-0.3, -0.25) is 4.79 Å². The smallest absolute Gasteiger partial charge is 0.341 e. The molecule has 0 aliphatic carbocycles. The van der Waals surface area contributed by atoms with Crippen molar-refractivity contribution in [2.24, 2.45) is 0 Å². The lowest BCUT2D eigenvalue weighted by molar-refractivity contribution is -0.139. The molecule has 0 saturated carbocycles. The van der Waals surface area contributed by atoms with E-state index in [1.807, 2.05) is 24.3 Å². The molecule has 1 aliphatic rings. The van der Waals surface area contributed by atoms with Crippen LogP contribution in [0.3, 0.4) is 0 Å². The number of morpholine rings is 1. The second-order valence-electron chi connectivity index (χ2n) is 5.72. The summed E-state index contributed by atoms with van der Waals surface area (Å²) in [7, 11) is 1.58. The monoisotopic (exact) mass is 455 g/mol. The molecule has 144 valence electrons. The minimum Gasteiger partial charge on any atom is -0.497 e. The van der Waals surface area contributed by atoms with E-state index in [0.717, 1.165) is 10.4 Å². The van der Waals surface area contributed by atoms with Gasteiger partial charge in [0, 0.05) is 13.1 Å². The van der Waals surface area contributed by atoms with E-state index in [1.54, 1.807) is 12.0 Å². The van der Waals surface area contributed by atoms with Gasteiger partial charge in [-0.2, -0.15) is 0 Å². The number of carbonyl (C=O) groups excluding carboxylic acids is 1. The number of ether oxygens (including phenoxy) is 3. The first-order chi connectivity index (χ1) is 13.0. The van der Waals surface area contributed by atoms with Crippen molar-refractivity contribution in [3.05, 3.63) is 33.6 Å². The summed E-state index contributed by atoms with van der Waals surface area (Å²) in [5.41, 5.74) is 0.840. The summed E-state index contributed by atoms with van der Waals surface area (Å²) in [5.74, 6) is -0.377. The maximum Gasteiger partial charge on any atom is 0.341 e. The third-order valence-electron chi connectivity index (χ3n) is 3.97. The van der Waals surface area contributed by atoms with E-state index in [0.29, 0.717) is 41.4 Å². The zero-order valence-electron chi connectivity index (χ0n) is 14.6. The molecule has 1 N–H and O–H groups in total. The van der Waals surface area contributed by atoms with Crippen LogP contribution < -0.4 is 9.47 Å².